The van der Waals surface area contributed by atoms with Gasteiger partial charge in [-0.2, -0.15) is 0 Å². The SMILES string of the molecule is Cc1csc(C(C)NCc2ccc(Br)s2)n1. The van der Waals surface area contributed by atoms with Crippen LogP contribution in [-0.4, -0.2) is 4.98 Å². The predicted molar refractivity (Wildman–Crippen MR) is 74.1 cm³/mol. The molecule has 0 amide bonds. The lowest BCUT2D eigenvalue weighted by molar-refractivity contribution is 0.575. The molecule has 0 spiro atoms. The molecule has 0 aliphatic carbocycles. The van der Waals surface area contributed by atoms with Crippen molar-refractivity contribution in [2.45, 2.75) is 26.4 Å². The Morgan fingerprint density at radius 3 is 2.88 bits per heavy atom. The fourth-order valence-corrected chi connectivity index (χ4v) is 3.62. The Bertz CT molecular complexity index is 464. The summed E-state index contributed by atoms with van der Waals surface area (Å²) in [6.07, 6.45) is 0. The first-order valence-corrected chi connectivity index (χ1v) is 7.53. The van der Waals surface area contributed by atoms with Crippen molar-refractivity contribution in [3.05, 3.63) is 36.9 Å². The first-order valence-electron chi connectivity index (χ1n) is 5.05. The summed E-state index contributed by atoms with van der Waals surface area (Å²) in [5.41, 5.74) is 1.10. The Labute approximate surface area is 112 Å². The van der Waals surface area contributed by atoms with Gasteiger partial charge in [0.05, 0.1) is 9.83 Å². The van der Waals surface area contributed by atoms with Crippen LogP contribution in [0.2, 0.25) is 0 Å². The van der Waals surface area contributed by atoms with E-state index in [1.807, 2.05) is 6.92 Å². The summed E-state index contributed by atoms with van der Waals surface area (Å²) >= 11 is 6.95. The first kappa shape index (κ1) is 12.2. The van der Waals surface area contributed by atoms with E-state index in [4.69, 9.17) is 0 Å². The van der Waals surface area contributed by atoms with Crippen molar-refractivity contribution in [3.8, 4) is 0 Å². The largest absolute Gasteiger partial charge is 0.303 e. The van der Waals surface area contributed by atoms with Crippen LogP contribution in [0.4, 0.5) is 0 Å². The van der Waals surface area contributed by atoms with Crippen LogP contribution in [0.15, 0.2) is 21.3 Å². The highest BCUT2D eigenvalue weighted by atomic mass is 79.9. The standard InChI is InChI=1S/C11H13BrN2S2/c1-7-6-15-11(14-7)8(2)13-5-9-3-4-10(12)16-9/h3-4,6,8,13H,5H2,1-2H3. The van der Waals surface area contributed by atoms with Gasteiger partial charge in [-0.05, 0) is 41.9 Å². The maximum atomic E-state index is 4.48. The second-order valence-electron chi connectivity index (χ2n) is 3.64. The minimum Gasteiger partial charge on any atom is -0.303 e. The van der Waals surface area contributed by atoms with Crippen LogP contribution in [0, 0.1) is 6.92 Å². The summed E-state index contributed by atoms with van der Waals surface area (Å²) in [6, 6.07) is 4.54. The van der Waals surface area contributed by atoms with E-state index in [1.54, 1.807) is 22.7 Å². The lowest BCUT2D eigenvalue weighted by Crippen LogP contribution is -2.17. The lowest BCUT2D eigenvalue weighted by Gasteiger charge is -2.09. The first-order chi connectivity index (χ1) is 7.65. The molecule has 0 saturated heterocycles. The molecule has 0 radical (unpaired) electrons. The lowest BCUT2D eigenvalue weighted by atomic mass is 10.3. The van der Waals surface area contributed by atoms with Crippen LogP contribution in [0.1, 0.15) is 28.5 Å². The average Bonchev–Trinajstić information content (AvgIpc) is 2.84. The molecule has 16 heavy (non-hydrogen) atoms. The molecule has 2 heterocycles. The van der Waals surface area contributed by atoms with Crippen molar-refractivity contribution in [1.29, 1.82) is 0 Å². The molecule has 1 unspecified atom stereocenters. The minimum absolute atomic E-state index is 0.319. The van der Waals surface area contributed by atoms with Gasteiger partial charge in [-0.3, -0.25) is 0 Å². The van der Waals surface area contributed by atoms with Crippen LogP contribution >= 0.6 is 38.6 Å². The summed E-state index contributed by atoms with van der Waals surface area (Å²) < 4.78 is 1.18. The molecular formula is C11H13BrN2S2. The number of hydrogen-bond donors (Lipinski definition) is 1. The fourth-order valence-electron chi connectivity index (χ4n) is 1.36. The van der Waals surface area contributed by atoms with Gasteiger partial charge in [0, 0.05) is 22.5 Å². The van der Waals surface area contributed by atoms with Gasteiger partial charge in [-0.1, -0.05) is 0 Å². The quantitative estimate of drug-likeness (QED) is 0.917. The third-order valence-corrected chi connectivity index (χ3v) is 4.99. The number of halogens is 1. The van der Waals surface area contributed by atoms with Gasteiger partial charge < -0.3 is 5.32 Å². The maximum Gasteiger partial charge on any atom is 0.110 e. The van der Waals surface area contributed by atoms with E-state index in [2.05, 4.69) is 50.7 Å². The van der Waals surface area contributed by atoms with Gasteiger partial charge >= 0.3 is 0 Å². The molecule has 5 heteroatoms. The number of nitrogens with one attached hydrogen (secondary N) is 1. The molecule has 1 N–H and O–H groups in total. The van der Waals surface area contributed by atoms with Crippen LogP contribution in [-0.2, 0) is 6.54 Å². The van der Waals surface area contributed by atoms with Crippen molar-refractivity contribution in [3.63, 3.8) is 0 Å². The van der Waals surface area contributed by atoms with E-state index in [1.165, 1.54) is 8.66 Å². The number of aromatic nitrogens is 1. The monoisotopic (exact) mass is 316 g/mol. The van der Waals surface area contributed by atoms with Gasteiger partial charge in [0.25, 0.3) is 0 Å². The normalized spacial score (nSPS) is 12.9. The average molecular weight is 317 g/mol. The Balaban J connectivity index is 1.91. The van der Waals surface area contributed by atoms with Gasteiger partial charge in [0.1, 0.15) is 5.01 Å². The van der Waals surface area contributed by atoms with Crippen molar-refractivity contribution >= 4 is 38.6 Å². The highest BCUT2D eigenvalue weighted by Gasteiger charge is 2.09. The molecule has 2 aromatic rings. The Hall–Kier alpha value is -0.230. The van der Waals surface area contributed by atoms with E-state index in [-0.39, 0.29) is 0 Å². The summed E-state index contributed by atoms with van der Waals surface area (Å²) in [7, 11) is 0. The molecule has 86 valence electrons. The zero-order valence-corrected chi connectivity index (χ0v) is 12.4. The smallest absolute Gasteiger partial charge is 0.110 e. The number of aryl methyl sites for hydroxylation is 1. The van der Waals surface area contributed by atoms with Crippen LogP contribution < -0.4 is 5.32 Å². The highest BCUT2D eigenvalue weighted by Crippen LogP contribution is 2.23. The Kier molecular flexibility index (Phi) is 4.13. The molecule has 0 aromatic carbocycles. The van der Waals surface area contributed by atoms with E-state index in [9.17, 15) is 0 Å². The van der Waals surface area contributed by atoms with E-state index in [0.717, 1.165) is 17.2 Å². The molecule has 2 rings (SSSR count). The third-order valence-electron chi connectivity index (χ3n) is 2.22. The van der Waals surface area contributed by atoms with Gasteiger partial charge in [-0.25, -0.2) is 4.98 Å². The highest BCUT2D eigenvalue weighted by molar-refractivity contribution is 9.11. The summed E-state index contributed by atoms with van der Waals surface area (Å²) in [5.74, 6) is 0. The van der Waals surface area contributed by atoms with Crippen LogP contribution in [0.3, 0.4) is 0 Å². The number of thiophene rings is 1. The summed E-state index contributed by atoms with van der Waals surface area (Å²) in [5, 5.41) is 6.73. The van der Waals surface area contributed by atoms with Crippen molar-refractivity contribution in [2.75, 3.05) is 0 Å². The van der Waals surface area contributed by atoms with Gasteiger partial charge in [0.15, 0.2) is 0 Å². The number of hydrogen-bond acceptors (Lipinski definition) is 4. The Morgan fingerprint density at radius 2 is 2.31 bits per heavy atom. The molecule has 0 aliphatic rings. The Morgan fingerprint density at radius 1 is 1.50 bits per heavy atom. The van der Waals surface area contributed by atoms with Crippen LogP contribution in [0.25, 0.3) is 0 Å². The molecule has 1 atom stereocenters. The van der Waals surface area contributed by atoms with Gasteiger partial charge in [-0.15, -0.1) is 22.7 Å². The fraction of sp³-hybridized carbons (Fsp3) is 0.364. The number of rotatable bonds is 4. The second kappa shape index (κ2) is 5.40. The van der Waals surface area contributed by atoms with E-state index in [0.29, 0.717) is 6.04 Å². The zero-order valence-electron chi connectivity index (χ0n) is 9.16. The number of nitrogens with zero attached hydrogens (tertiary/aromatic N) is 1. The van der Waals surface area contributed by atoms with Crippen molar-refractivity contribution in [2.24, 2.45) is 0 Å². The third kappa shape index (κ3) is 3.13. The van der Waals surface area contributed by atoms with Crippen molar-refractivity contribution < 1.29 is 0 Å². The molecule has 0 saturated carbocycles. The molecule has 2 aromatic heterocycles. The van der Waals surface area contributed by atoms with Crippen molar-refractivity contribution in [1.82, 2.24) is 10.3 Å². The topological polar surface area (TPSA) is 24.9 Å². The minimum atomic E-state index is 0.319. The summed E-state index contributed by atoms with van der Waals surface area (Å²) in [4.78, 5) is 5.82. The molecule has 0 aliphatic heterocycles. The van der Waals surface area contributed by atoms with E-state index < -0.39 is 0 Å². The number of thiazole rings is 1. The summed E-state index contributed by atoms with van der Waals surface area (Å²) in [6.45, 7) is 5.08. The zero-order chi connectivity index (χ0) is 11.5. The maximum absolute atomic E-state index is 4.48. The molecule has 0 bridgehead atoms. The van der Waals surface area contributed by atoms with Crippen LogP contribution in [0.5, 0.6) is 0 Å². The molecular weight excluding hydrogens is 304 g/mol. The second-order valence-corrected chi connectivity index (χ2v) is 7.07. The van der Waals surface area contributed by atoms with Gasteiger partial charge in [0.2, 0.25) is 0 Å². The molecule has 0 fully saturated rings. The van der Waals surface area contributed by atoms with E-state index >= 15 is 0 Å². The molecule has 2 nitrogen and oxygen atoms in total. The predicted octanol–water partition coefficient (Wildman–Crippen LogP) is 4.13.